The third kappa shape index (κ3) is 4.48. The fourth-order valence-corrected chi connectivity index (χ4v) is 4.15. The molecule has 0 radical (unpaired) electrons. The molecule has 1 heterocycles. The van der Waals surface area contributed by atoms with Crippen molar-refractivity contribution < 1.29 is 0 Å². The Bertz CT molecular complexity index is 1440. The highest BCUT2D eigenvalue weighted by Crippen LogP contribution is 2.29. The predicted molar refractivity (Wildman–Crippen MR) is 137 cm³/mol. The molecule has 0 spiro atoms. The molecular weight excluding hydrogens is 428 g/mol. The third-order valence-electron chi connectivity index (χ3n) is 5.51. The van der Waals surface area contributed by atoms with Gasteiger partial charge in [-0.1, -0.05) is 54.1 Å². The zero-order chi connectivity index (χ0) is 22.8. The van der Waals surface area contributed by atoms with Crippen molar-refractivity contribution >= 4 is 28.3 Å². The lowest BCUT2D eigenvalue weighted by atomic mass is 10.1. The normalized spacial score (nSPS) is 12.1. The Morgan fingerprint density at radius 2 is 1.64 bits per heavy atom. The lowest BCUT2D eigenvalue weighted by molar-refractivity contribution is 0.805. The van der Waals surface area contributed by atoms with E-state index < -0.39 is 0 Å². The Morgan fingerprint density at radius 1 is 0.909 bits per heavy atom. The number of benzene rings is 4. The van der Waals surface area contributed by atoms with Crippen LogP contribution in [-0.2, 0) is 6.54 Å². The van der Waals surface area contributed by atoms with Crippen LogP contribution < -0.4 is 10.7 Å². The van der Waals surface area contributed by atoms with E-state index in [1.807, 2.05) is 36.4 Å². The van der Waals surface area contributed by atoms with Crippen molar-refractivity contribution in [2.75, 3.05) is 5.32 Å². The molecule has 0 amide bonds. The number of anilines is 1. The van der Waals surface area contributed by atoms with Gasteiger partial charge in [0, 0.05) is 23.3 Å². The molecule has 164 valence electrons. The molecule has 5 heteroatoms. The molecule has 1 N–H and O–H groups in total. The first-order valence-corrected chi connectivity index (χ1v) is 11.5. The van der Waals surface area contributed by atoms with Gasteiger partial charge in [0.1, 0.15) is 0 Å². The molecular formula is C28H25ClN4. The number of para-hydroxylation sites is 3. The summed E-state index contributed by atoms with van der Waals surface area (Å²) in [5.74, 6) is 0. The van der Waals surface area contributed by atoms with Gasteiger partial charge in [0.2, 0.25) is 0 Å². The molecule has 1 aliphatic carbocycles. The minimum absolute atomic E-state index is 0.164. The van der Waals surface area contributed by atoms with E-state index in [9.17, 15) is 0 Å². The van der Waals surface area contributed by atoms with E-state index in [2.05, 4.69) is 78.3 Å². The molecule has 0 bridgehead atoms. The van der Waals surface area contributed by atoms with Crippen molar-refractivity contribution in [3.05, 3.63) is 107 Å². The van der Waals surface area contributed by atoms with Crippen molar-refractivity contribution in [2.45, 2.75) is 26.4 Å². The van der Waals surface area contributed by atoms with Crippen molar-refractivity contribution in [3.8, 4) is 17.1 Å². The van der Waals surface area contributed by atoms with Crippen LogP contribution in [0.2, 0.25) is 5.02 Å². The van der Waals surface area contributed by atoms with Gasteiger partial charge >= 0.3 is 0 Å². The van der Waals surface area contributed by atoms with Crippen LogP contribution in [0.5, 0.6) is 0 Å². The van der Waals surface area contributed by atoms with E-state index in [-0.39, 0.29) is 6.04 Å². The van der Waals surface area contributed by atoms with Gasteiger partial charge in [-0.05, 0) is 67.9 Å². The second-order valence-electron chi connectivity index (χ2n) is 8.33. The van der Waals surface area contributed by atoms with Crippen molar-refractivity contribution in [2.24, 2.45) is 4.99 Å². The number of fused-ring (bicyclic) bond motifs is 2. The van der Waals surface area contributed by atoms with Crippen LogP contribution >= 0.6 is 11.6 Å². The van der Waals surface area contributed by atoms with Crippen molar-refractivity contribution in [1.82, 2.24) is 9.55 Å². The van der Waals surface area contributed by atoms with Gasteiger partial charge < -0.3 is 9.88 Å². The molecule has 3 aromatic carbocycles. The Morgan fingerprint density at radius 3 is 2.39 bits per heavy atom. The van der Waals surface area contributed by atoms with Gasteiger partial charge in [0.05, 0.1) is 33.5 Å². The molecule has 4 nitrogen and oxygen atoms in total. The maximum atomic E-state index is 6.04. The zero-order valence-electron chi connectivity index (χ0n) is 18.7. The maximum Gasteiger partial charge on any atom is 0.0900 e. The predicted octanol–water partition coefficient (Wildman–Crippen LogP) is 6.70. The van der Waals surface area contributed by atoms with E-state index in [0.29, 0.717) is 6.54 Å². The zero-order valence-corrected chi connectivity index (χ0v) is 19.4. The summed E-state index contributed by atoms with van der Waals surface area (Å²) in [6.07, 6.45) is 0. The highest BCUT2D eigenvalue weighted by molar-refractivity contribution is 6.30. The second kappa shape index (κ2) is 9.08. The Hall–Kier alpha value is -3.63. The molecule has 0 aromatic heterocycles. The summed E-state index contributed by atoms with van der Waals surface area (Å²) in [6.45, 7) is 4.86. The number of nitrogens with zero attached hydrogens (tertiary/aromatic N) is 3. The standard InChI is InChI=1S/C28H25ClN4/c1-19(2)31-25-17-28-26(16-24(25)30-18-20-12-14-21(29)15-13-20)32-23-10-6-7-11-27(23)33(28)22-8-4-3-5-9-22/h3-17,19,30H,18H2,1-2H3. The van der Waals surface area contributed by atoms with Gasteiger partial charge in [-0.2, -0.15) is 0 Å². The number of aromatic nitrogens is 2. The largest absolute Gasteiger partial charge is 0.379 e. The molecule has 2 aliphatic rings. The van der Waals surface area contributed by atoms with E-state index in [1.54, 1.807) is 0 Å². The number of halogens is 1. The topological polar surface area (TPSA) is 42.2 Å². The van der Waals surface area contributed by atoms with E-state index in [4.69, 9.17) is 21.6 Å². The Kier molecular flexibility index (Phi) is 5.84. The van der Waals surface area contributed by atoms with Crippen LogP contribution in [0.25, 0.3) is 28.1 Å². The smallest absolute Gasteiger partial charge is 0.0900 e. The number of nitrogens with one attached hydrogen (secondary N) is 1. The highest BCUT2D eigenvalue weighted by Gasteiger charge is 2.16. The molecule has 3 aromatic rings. The monoisotopic (exact) mass is 452 g/mol. The second-order valence-corrected chi connectivity index (χ2v) is 8.77. The quantitative estimate of drug-likeness (QED) is 0.301. The summed E-state index contributed by atoms with van der Waals surface area (Å²) in [4.78, 5) is 9.92. The van der Waals surface area contributed by atoms with Crippen molar-refractivity contribution in [1.29, 1.82) is 0 Å². The minimum Gasteiger partial charge on any atom is -0.379 e. The average Bonchev–Trinajstić information content (AvgIpc) is 2.82. The first kappa shape index (κ1) is 21.2. The number of hydrogen-bond donors (Lipinski definition) is 1. The molecule has 0 saturated carbocycles. The minimum atomic E-state index is 0.164. The van der Waals surface area contributed by atoms with Crippen molar-refractivity contribution in [3.63, 3.8) is 0 Å². The molecule has 0 fully saturated rings. The molecule has 0 atom stereocenters. The lowest BCUT2D eigenvalue weighted by Gasteiger charge is -2.20. The van der Waals surface area contributed by atoms with Crippen LogP contribution in [0.15, 0.2) is 96.0 Å². The van der Waals surface area contributed by atoms with Crippen LogP contribution in [0.4, 0.5) is 5.69 Å². The first-order chi connectivity index (χ1) is 16.1. The van der Waals surface area contributed by atoms with Crippen LogP contribution in [0.3, 0.4) is 0 Å². The first-order valence-electron chi connectivity index (χ1n) is 11.1. The fraction of sp³-hybridized carbons (Fsp3) is 0.143. The summed E-state index contributed by atoms with van der Waals surface area (Å²) in [5.41, 5.74) is 7.17. The molecule has 1 aliphatic heterocycles. The summed E-state index contributed by atoms with van der Waals surface area (Å²) in [6, 6.07) is 31.0. The fourth-order valence-electron chi connectivity index (χ4n) is 4.02. The van der Waals surface area contributed by atoms with Gasteiger partial charge in [0.15, 0.2) is 0 Å². The van der Waals surface area contributed by atoms with E-state index >= 15 is 0 Å². The van der Waals surface area contributed by atoms with Crippen LogP contribution in [-0.4, -0.2) is 15.6 Å². The number of hydrogen-bond acceptors (Lipinski definition) is 3. The molecule has 0 unspecified atom stereocenters. The molecule has 5 rings (SSSR count). The highest BCUT2D eigenvalue weighted by atomic mass is 35.5. The Balaban J connectivity index is 1.71. The van der Waals surface area contributed by atoms with Gasteiger partial charge in [-0.3, -0.25) is 4.99 Å². The average molecular weight is 453 g/mol. The summed E-state index contributed by atoms with van der Waals surface area (Å²) < 4.78 is 2.26. The molecule has 0 saturated heterocycles. The van der Waals surface area contributed by atoms with E-state index in [1.165, 1.54) is 0 Å². The van der Waals surface area contributed by atoms with Gasteiger partial charge in [-0.15, -0.1) is 0 Å². The van der Waals surface area contributed by atoms with Gasteiger partial charge in [0.25, 0.3) is 0 Å². The SMILES string of the molecule is CC(C)N=c1cc2n(-c3ccccc3)c3ccccc3nc-2cc1NCc1ccc(Cl)cc1. The maximum absolute atomic E-state index is 6.04. The lowest BCUT2D eigenvalue weighted by Crippen LogP contribution is -2.18. The van der Waals surface area contributed by atoms with E-state index in [0.717, 1.165) is 49.7 Å². The van der Waals surface area contributed by atoms with Crippen LogP contribution in [0.1, 0.15) is 19.4 Å². The number of rotatable bonds is 5. The summed E-state index contributed by atoms with van der Waals surface area (Å²) in [5, 5.41) is 5.23. The Labute approximate surface area is 198 Å². The third-order valence-corrected chi connectivity index (χ3v) is 5.76. The molecule has 33 heavy (non-hydrogen) atoms. The van der Waals surface area contributed by atoms with Crippen LogP contribution in [0, 0.1) is 0 Å². The summed E-state index contributed by atoms with van der Waals surface area (Å²) in [7, 11) is 0. The van der Waals surface area contributed by atoms with Gasteiger partial charge in [-0.25, -0.2) is 4.98 Å². The summed E-state index contributed by atoms with van der Waals surface area (Å²) >= 11 is 6.04.